The first-order valence-electron chi connectivity index (χ1n) is 9.49. The highest BCUT2D eigenvalue weighted by molar-refractivity contribution is 8.27. The minimum absolute atomic E-state index is 0.0601. The molecule has 0 unspecified atom stereocenters. The number of rotatable bonds is 5. The summed E-state index contributed by atoms with van der Waals surface area (Å²) < 4.78 is 13.8. The van der Waals surface area contributed by atoms with Crippen molar-refractivity contribution >= 4 is 75.0 Å². The molecule has 0 bridgehead atoms. The first-order chi connectivity index (χ1) is 15.7. The number of amides is 1. The number of nitrogens with zero attached hydrogens (tertiary/aromatic N) is 2. The lowest BCUT2D eigenvalue weighted by atomic mass is 10.2. The number of hydrogen-bond acceptors (Lipinski definition) is 6. The van der Waals surface area contributed by atoms with E-state index in [2.05, 4.69) is 0 Å². The molecular weight excluding hydrogens is 503 g/mol. The summed E-state index contributed by atoms with van der Waals surface area (Å²) in [6, 6.07) is 16.4. The second-order valence-electron chi connectivity index (χ2n) is 7.01. The van der Waals surface area contributed by atoms with Crippen LogP contribution < -0.4 is 4.90 Å². The van der Waals surface area contributed by atoms with Crippen molar-refractivity contribution < 1.29 is 14.1 Å². The third-order valence-corrected chi connectivity index (χ3v) is 7.35. The molecule has 0 atom stereocenters. The lowest BCUT2D eigenvalue weighted by molar-refractivity contribution is -0.387. The number of carbonyl (C=O) groups excluding carboxylic acids is 1. The molecule has 33 heavy (non-hydrogen) atoms. The molecule has 1 saturated heterocycles. The maximum absolute atomic E-state index is 13.5. The number of benzene rings is 3. The fraction of sp³-hybridized carbons (Fsp3) is 0.0435. The summed E-state index contributed by atoms with van der Waals surface area (Å²) in [7, 11) is 0. The van der Waals surface area contributed by atoms with Gasteiger partial charge in [0.15, 0.2) is 4.32 Å². The Hall–Kier alpha value is -2.72. The summed E-state index contributed by atoms with van der Waals surface area (Å²) in [5.74, 6) is -1.01. The van der Waals surface area contributed by atoms with Crippen molar-refractivity contribution in [3.63, 3.8) is 0 Å². The predicted molar refractivity (Wildman–Crippen MR) is 135 cm³/mol. The molecule has 5 nitrogen and oxygen atoms in total. The summed E-state index contributed by atoms with van der Waals surface area (Å²) in [6.07, 6.45) is 1.55. The van der Waals surface area contributed by atoms with Crippen LogP contribution in [0, 0.1) is 22.9 Å². The van der Waals surface area contributed by atoms with Gasteiger partial charge in [-0.1, -0.05) is 71.1 Å². The second kappa shape index (κ2) is 9.64. The smallest absolute Gasteiger partial charge is 0.268 e. The molecule has 1 fully saturated rings. The monoisotopic (exact) mass is 516 g/mol. The summed E-state index contributed by atoms with van der Waals surface area (Å²) in [6.45, 7) is 1.97. The highest BCUT2D eigenvalue weighted by Gasteiger charge is 2.33. The van der Waals surface area contributed by atoms with Crippen LogP contribution in [0.4, 0.5) is 15.8 Å². The molecule has 0 aromatic heterocycles. The van der Waals surface area contributed by atoms with E-state index in [4.69, 9.17) is 23.8 Å². The minimum Gasteiger partial charge on any atom is -0.268 e. The second-order valence-corrected chi connectivity index (χ2v) is 10.2. The van der Waals surface area contributed by atoms with E-state index in [1.54, 1.807) is 18.2 Å². The van der Waals surface area contributed by atoms with Crippen molar-refractivity contribution in [1.29, 1.82) is 0 Å². The molecule has 1 amide bonds. The molecule has 1 aliphatic rings. The van der Waals surface area contributed by atoms with Gasteiger partial charge < -0.3 is 0 Å². The van der Waals surface area contributed by atoms with E-state index in [1.165, 1.54) is 34.9 Å². The zero-order valence-corrected chi connectivity index (χ0v) is 20.2. The van der Waals surface area contributed by atoms with Crippen LogP contribution in [-0.4, -0.2) is 15.2 Å². The van der Waals surface area contributed by atoms with Crippen molar-refractivity contribution in [3.05, 3.63) is 97.6 Å². The Morgan fingerprint density at radius 3 is 2.55 bits per heavy atom. The molecular formula is C23H14ClFN2O3S3. The van der Waals surface area contributed by atoms with Crippen LogP contribution in [0.25, 0.3) is 6.08 Å². The van der Waals surface area contributed by atoms with Gasteiger partial charge in [-0.05, 0) is 55.0 Å². The lowest BCUT2D eigenvalue weighted by Crippen LogP contribution is -2.27. The van der Waals surface area contributed by atoms with Crippen molar-refractivity contribution in [1.82, 2.24) is 0 Å². The van der Waals surface area contributed by atoms with Gasteiger partial charge in [-0.25, -0.2) is 4.39 Å². The Labute approximate surface area is 207 Å². The zero-order valence-electron chi connectivity index (χ0n) is 17.0. The summed E-state index contributed by atoms with van der Waals surface area (Å²) in [5, 5.41) is 11.6. The fourth-order valence-electron chi connectivity index (χ4n) is 3.05. The van der Waals surface area contributed by atoms with E-state index in [0.717, 1.165) is 28.3 Å². The number of carbonyl (C=O) groups is 1. The number of nitro benzene ring substituents is 1. The highest BCUT2D eigenvalue weighted by Crippen LogP contribution is 2.39. The van der Waals surface area contributed by atoms with E-state index < -0.39 is 16.6 Å². The van der Waals surface area contributed by atoms with E-state index >= 15 is 0 Å². The van der Waals surface area contributed by atoms with E-state index in [1.807, 2.05) is 31.2 Å². The molecule has 0 aliphatic carbocycles. The van der Waals surface area contributed by atoms with Crippen molar-refractivity contribution in [3.8, 4) is 0 Å². The van der Waals surface area contributed by atoms with Gasteiger partial charge in [0.2, 0.25) is 0 Å². The van der Waals surface area contributed by atoms with Gasteiger partial charge in [-0.15, -0.1) is 0 Å². The lowest BCUT2D eigenvalue weighted by Gasteiger charge is -2.14. The van der Waals surface area contributed by atoms with Crippen LogP contribution in [0.3, 0.4) is 0 Å². The SMILES string of the molecule is Cc1ccc(Sc2ccc(/C=C3\SC(=S)N(c4ccc(F)c(Cl)c4)C3=O)cc2[N+](=O)[O-])cc1. The predicted octanol–water partition coefficient (Wildman–Crippen LogP) is 7.25. The number of halogens is 2. The molecule has 0 N–H and O–H groups in total. The number of aryl methyl sites for hydroxylation is 1. The molecule has 0 radical (unpaired) electrons. The molecule has 0 spiro atoms. The Morgan fingerprint density at radius 2 is 1.88 bits per heavy atom. The number of anilines is 1. The maximum atomic E-state index is 13.5. The summed E-state index contributed by atoms with van der Waals surface area (Å²) in [5.41, 5.74) is 1.88. The molecule has 3 aromatic carbocycles. The molecule has 4 rings (SSSR count). The average molecular weight is 517 g/mol. The largest absolute Gasteiger partial charge is 0.283 e. The average Bonchev–Trinajstić information content (AvgIpc) is 3.05. The fourth-order valence-corrected chi connectivity index (χ4v) is 5.43. The Balaban J connectivity index is 1.63. The van der Waals surface area contributed by atoms with E-state index in [9.17, 15) is 19.3 Å². The Bertz CT molecular complexity index is 1330. The standard InChI is InChI=1S/C23H14ClFN2O3S3/c1-13-2-6-16(7-3-13)32-20-9-4-14(10-19(20)27(29)30)11-21-22(28)26(23(31)33-21)15-5-8-18(25)17(24)12-15/h2-12H,1H3/b21-11-. The molecule has 166 valence electrons. The molecule has 1 aliphatic heterocycles. The third kappa shape index (κ3) is 5.11. The number of hydrogen-bond donors (Lipinski definition) is 0. The number of thiocarbonyl (C=S) groups is 1. The zero-order chi connectivity index (χ0) is 23.7. The van der Waals surface area contributed by atoms with Gasteiger partial charge in [0.1, 0.15) is 5.82 Å². The van der Waals surface area contributed by atoms with Crippen LogP contribution in [0.2, 0.25) is 5.02 Å². The first-order valence-corrected chi connectivity index (χ1v) is 11.9. The summed E-state index contributed by atoms with van der Waals surface area (Å²) >= 11 is 13.5. The topological polar surface area (TPSA) is 63.5 Å². The maximum Gasteiger partial charge on any atom is 0.283 e. The van der Waals surface area contributed by atoms with Gasteiger partial charge in [0.05, 0.1) is 25.4 Å². The van der Waals surface area contributed by atoms with Crippen LogP contribution in [0.1, 0.15) is 11.1 Å². The van der Waals surface area contributed by atoms with Gasteiger partial charge >= 0.3 is 0 Å². The summed E-state index contributed by atoms with van der Waals surface area (Å²) in [4.78, 5) is 27.1. The van der Waals surface area contributed by atoms with Gasteiger partial charge in [0.25, 0.3) is 11.6 Å². The van der Waals surface area contributed by atoms with Crippen LogP contribution in [-0.2, 0) is 4.79 Å². The molecule has 0 saturated carbocycles. The first kappa shape index (κ1) is 23.4. The molecule has 1 heterocycles. The van der Waals surface area contributed by atoms with Gasteiger partial charge in [0, 0.05) is 11.0 Å². The quantitative estimate of drug-likeness (QED) is 0.154. The van der Waals surface area contributed by atoms with Crippen LogP contribution in [0.5, 0.6) is 0 Å². The third-order valence-electron chi connectivity index (χ3n) is 4.68. The van der Waals surface area contributed by atoms with Crippen molar-refractivity contribution in [2.45, 2.75) is 16.7 Å². The normalized spacial score (nSPS) is 14.9. The Morgan fingerprint density at radius 1 is 1.15 bits per heavy atom. The van der Waals surface area contributed by atoms with Gasteiger partial charge in [-0.2, -0.15) is 0 Å². The van der Waals surface area contributed by atoms with Crippen molar-refractivity contribution in [2.75, 3.05) is 4.90 Å². The number of nitro groups is 1. The van der Waals surface area contributed by atoms with E-state index in [-0.39, 0.29) is 15.0 Å². The minimum atomic E-state index is -0.600. The molecule has 10 heteroatoms. The number of thioether (sulfide) groups is 1. The van der Waals surface area contributed by atoms with Crippen molar-refractivity contribution in [2.24, 2.45) is 0 Å². The van der Waals surface area contributed by atoms with Gasteiger partial charge in [-0.3, -0.25) is 19.8 Å². The Kier molecular flexibility index (Phi) is 6.85. The van der Waals surface area contributed by atoms with E-state index in [0.29, 0.717) is 21.1 Å². The highest BCUT2D eigenvalue weighted by atomic mass is 35.5. The molecule has 3 aromatic rings. The van der Waals surface area contributed by atoms with Crippen LogP contribution >= 0.6 is 47.3 Å². The van der Waals surface area contributed by atoms with Crippen LogP contribution in [0.15, 0.2) is 75.4 Å².